The Morgan fingerprint density at radius 3 is 2.85 bits per heavy atom. The van der Waals surface area contributed by atoms with Crippen molar-refractivity contribution in [3.63, 3.8) is 0 Å². The highest BCUT2D eigenvalue weighted by Crippen LogP contribution is 2.28. The molecule has 1 aromatic carbocycles. The molecule has 0 spiro atoms. The van der Waals surface area contributed by atoms with Crippen LogP contribution in [0.2, 0.25) is 0 Å². The molecule has 0 aliphatic carbocycles. The summed E-state index contributed by atoms with van der Waals surface area (Å²) in [7, 11) is 1.64. The molecule has 0 saturated heterocycles. The van der Waals surface area contributed by atoms with Crippen LogP contribution in [-0.4, -0.2) is 39.1 Å². The SMILES string of the molecule is COc1cccc(-n2c(C)cc(/C=C3\C(=N)N4N=CSC4=NC3=O)c2C)c1. The minimum Gasteiger partial charge on any atom is -0.497 e. The molecule has 1 amide bonds. The number of aromatic nitrogens is 1. The maximum absolute atomic E-state index is 12.4. The fourth-order valence-electron chi connectivity index (χ4n) is 3.17. The standard InChI is InChI=1S/C19H17N5O2S/c1-11-7-13(12(2)23(11)14-5-4-6-15(9-14)26-3)8-16-17(20)24-19(22-18(16)25)27-10-21-24/h4-10,20H,1-3H3/b16-8+,20-17?. The number of fused-ring (bicyclic) bond motifs is 1. The van der Waals surface area contributed by atoms with Crippen LogP contribution in [0.3, 0.4) is 0 Å². The molecule has 3 heterocycles. The van der Waals surface area contributed by atoms with E-state index >= 15 is 0 Å². The number of aliphatic imine (C=N–C) groups is 1. The molecule has 2 aromatic rings. The summed E-state index contributed by atoms with van der Waals surface area (Å²) in [6.45, 7) is 3.98. The van der Waals surface area contributed by atoms with Crippen molar-refractivity contribution in [2.45, 2.75) is 13.8 Å². The van der Waals surface area contributed by atoms with Gasteiger partial charge in [-0.1, -0.05) is 6.07 Å². The molecule has 2 aliphatic rings. The minimum absolute atomic E-state index is 0.0393. The molecule has 0 bridgehead atoms. The third kappa shape index (κ3) is 2.87. The third-order valence-corrected chi connectivity index (χ3v) is 5.15. The topological polar surface area (TPSA) is 83.0 Å². The van der Waals surface area contributed by atoms with Gasteiger partial charge in [-0.05, 0) is 55.4 Å². The summed E-state index contributed by atoms with van der Waals surface area (Å²) in [5.41, 5.74) is 5.60. The van der Waals surface area contributed by atoms with E-state index in [-0.39, 0.29) is 11.4 Å². The van der Waals surface area contributed by atoms with E-state index in [1.165, 1.54) is 16.8 Å². The van der Waals surface area contributed by atoms with Gasteiger partial charge >= 0.3 is 0 Å². The minimum atomic E-state index is -0.421. The lowest BCUT2D eigenvalue weighted by molar-refractivity contribution is -0.114. The molecule has 136 valence electrons. The number of nitrogens with zero attached hydrogens (tertiary/aromatic N) is 4. The first-order chi connectivity index (χ1) is 13.0. The Morgan fingerprint density at radius 1 is 1.26 bits per heavy atom. The van der Waals surface area contributed by atoms with Crippen LogP contribution in [0, 0.1) is 19.3 Å². The van der Waals surface area contributed by atoms with E-state index in [1.54, 1.807) is 18.7 Å². The second-order valence-corrected chi connectivity index (χ2v) is 6.93. The van der Waals surface area contributed by atoms with Gasteiger partial charge in [-0.15, -0.1) is 0 Å². The Hall–Kier alpha value is -3.13. The zero-order chi connectivity index (χ0) is 19.1. The van der Waals surface area contributed by atoms with Gasteiger partial charge in [0.05, 0.1) is 18.2 Å². The molecular formula is C19H17N5O2S. The number of hydrazone groups is 1. The molecule has 0 atom stereocenters. The number of carbonyl (C=O) groups excluding carboxylic acids is 1. The number of hydrogen-bond donors (Lipinski definition) is 1. The van der Waals surface area contributed by atoms with E-state index < -0.39 is 5.91 Å². The first-order valence-electron chi connectivity index (χ1n) is 8.26. The molecule has 0 saturated carbocycles. The van der Waals surface area contributed by atoms with E-state index in [4.69, 9.17) is 10.1 Å². The van der Waals surface area contributed by atoms with Crippen molar-refractivity contribution >= 4 is 40.3 Å². The monoisotopic (exact) mass is 379 g/mol. The van der Waals surface area contributed by atoms with Gasteiger partial charge in [0.15, 0.2) is 11.0 Å². The number of carbonyl (C=O) groups is 1. The number of rotatable bonds is 3. The molecule has 0 fully saturated rings. The van der Waals surface area contributed by atoms with Crippen molar-refractivity contribution in [1.29, 1.82) is 5.41 Å². The molecule has 1 aromatic heterocycles. The average molecular weight is 379 g/mol. The van der Waals surface area contributed by atoms with Gasteiger partial charge in [0.25, 0.3) is 5.91 Å². The number of aryl methyl sites for hydroxylation is 1. The van der Waals surface area contributed by atoms with Crippen molar-refractivity contribution in [2.24, 2.45) is 10.1 Å². The Morgan fingerprint density at radius 2 is 2.07 bits per heavy atom. The van der Waals surface area contributed by atoms with Crippen LogP contribution < -0.4 is 4.74 Å². The fraction of sp³-hybridized carbons (Fsp3) is 0.158. The van der Waals surface area contributed by atoms with E-state index in [1.807, 2.05) is 44.2 Å². The zero-order valence-corrected chi connectivity index (χ0v) is 15.9. The van der Waals surface area contributed by atoms with Crippen LogP contribution >= 0.6 is 11.8 Å². The van der Waals surface area contributed by atoms with Crippen LogP contribution in [0.5, 0.6) is 5.75 Å². The predicted octanol–water partition coefficient (Wildman–Crippen LogP) is 3.35. The summed E-state index contributed by atoms with van der Waals surface area (Å²) >= 11 is 1.23. The second-order valence-electron chi connectivity index (χ2n) is 6.12. The van der Waals surface area contributed by atoms with Crippen LogP contribution in [0.1, 0.15) is 17.0 Å². The summed E-state index contributed by atoms with van der Waals surface area (Å²) in [6.07, 6.45) is 1.71. The van der Waals surface area contributed by atoms with Gasteiger partial charge in [0, 0.05) is 23.1 Å². The zero-order valence-electron chi connectivity index (χ0n) is 15.1. The highest BCUT2D eigenvalue weighted by Gasteiger charge is 2.32. The number of amides is 1. The van der Waals surface area contributed by atoms with Gasteiger partial charge in [0.2, 0.25) is 0 Å². The normalized spacial score (nSPS) is 17.5. The summed E-state index contributed by atoms with van der Waals surface area (Å²) in [5, 5.41) is 14.2. The van der Waals surface area contributed by atoms with Crippen LogP contribution in [0.15, 0.2) is 46.0 Å². The first-order valence-corrected chi connectivity index (χ1v) is 9.14. The molecule has 27 heavy (non-hydrogen) atoms. The lowest BCUT2D eigenvalue weighted by Crippen LogP contribution is -2.35. The van der Waals surface area contributed by atoms with Crippen molar-refractivity contribution in [3.8, 4) is 11.4 Å². The molecular weight excluding hydrogens is 362 g/mol. The quantitative estimate of drug-likeness (QED) is 0.829. The second kappa shape index (κ2) is 6.55. The number of methoxy groups -OCH3 is 1. The van der Waals surface area contributed by atoms with Crippen LogP contribution in [-0.2, 0) is 4.79 Å². The summed E-state index contributed by atoms with van der Waals surface area (Å²) < 4.78 is 7.41. The van der Waals surface area contributed by atoms with E-state index in [9.17, 15) is 4.79 Å². The molecule has 7 nitrogen and oxygen atoms in total. The highest BCUT2D eigenvalue weighted by atomic mass is 32.2. The van der Waals surface area contributed by atoms with E-state index in [0.717, 1.165) is 28.4 Å². The number of hydrogen-bond acceptors (Lipinski definition) is 5. The highest BCUT2D eigenvalue weighted by molar-refractivity contribution is 8.25. The van der Waals surface area contributed by atoms with Gasteiger partial charge in [-0.2, -0.15) is 15.1 Å². The number of benzene rings is 1. The van der Waals surface area contributed by atoms with Crippen molar-refractivity contribution in [3.05, 3.63) is 52.9 Å². The Balaban J connectivity index is 1.78. The van der Waals surface area contributed by atoms with Gasteiger partial charge in [-0.3, -0.25) is 10.2 Å². The lowest BCUT2D eigenvalue weighted by Gasteiger charge is -2.20. The molecule has 8 heteroatoms. The smallest absolute Gasteiger partial charge is 0.283 e. The molecule has 2 aliphatic heterocycles. The van der Waals surface area contributed by atoms with Crippen molar-refractivity contribution in [1.82, 2.24) is 9.58 Å². The van der Waals surface area contributed by atoms with E-state index in [0.29, 0.717) is 5.17 Å². The first kappa shape index (κ1) is 17.3. The summed E-state index contributed by atoms with van der Waals surface area (Å²) in [4.78, 5) is 16.4. The lowest BCUT2D eigenvalue weighted by atomic mass is 10.1. The largest absolute Gasteiger partial charge is 0.497 e. The summed E-state index contributed by atoms with van der Waals surface area (Å²) in [6, 6.07) is 9.78. The number of ether oxygens (including phenoxy) is 1. The third-order valence-electron chi connectivity index (χ3n) is 4.48. The molecule has 1 N–H and O–H groups in total. The van der Waals surface area contributed by atoms with Crippen molar-refractivity contribution < 1.29 is 9.53 Å². The summed E-state index contributed by atoms with van der Waals surface area (Å²) in [5.74, 6) is 0.392. The van der Waals surface area contributed by atoms with Crippen molar-refractivity contribution in [2.75, 3.05) is 7.11 Å². The number of nitrogens with one attached hydrogen (secondary N) is 1. The maximum atomic E-state index is 12.4. The molecule has 0 unspecified atom stereocenters. The molecule has 4 rings (SSSR count). The van der Waals surface area contributed by atoms with Gasteiger partial charge < -0.3 is 9.30 Å². The number of amidine groups is 2. The Labute approximate surface area is 160 Å². The average Bonchev–Trinajstić information content (AvgIpc) is 3.23. The van der Waals surface area contributed by atoms with Crippen LogP contribution in [0.4, 0.5) is 0 Å². The fourth-order valence-corrected chi connectivity index (χ4v) is 3.78. The van der Waals surface area contributed by atoms with Gasteiger partial charge in [-0.25, -0.2) is 0 Å². The van der Waals surface area contributed by atoms with Crippen LogP contribution in [0.25, 0.3) is 11.8 Å². The molecule has 0 radical (unpaired) electrons. The number of thioether (sulfide) groups is 1. The predicted molar refractivity (Wildman–Crippen MR) is 108 cm³/mol. The van der Waals surface area contributed by atoms with Gasteiger partial charge in [0.1, 0.15) is 5.75 Å². The Bertz CT molecular complexity index is 1060. The van der Waals surface area contributed by atoms with E-state index in [2.05, 4.69) is 14.7 Å². The maximum Gasteiger partial charge on any atom is 0.283 e. The Kier molecular flexibility index (Phi) is 4.19.